The highest BCUT2D eigenvalue weighted by molar-refractivity contribution is 5.85. The molecule has 2 fully saturated rings. The fourth-order valence-corrected chi connectivity index (χ4v) is 3.90. The van der Waals surface area contributed by atoms with Crippen molar-refractivity contribution in [1.29, 1.82) is 0 Å². The Morgan fingerprint density at radius 3 is 1.55 bits per heavy atom. The van der Waals surface area contributed by atoms with Crippen LogP contribution in [0.15, 0.2) is 66.2 Å². The van der Waals surface area contributed by atoms with Gasteiger partial charge >= 0.3 is 0 Å². The molecule has 2 aromatic carbocycles. The highest BCUT2D eigenvalue weighted by atomic mass is 14.5. The zero-order valence-electron chi connectivity index (χ0n) is 11.8. The standard InChI is InChI=1S/C20H20/c1-3-9-15(10-4-1)19(16-11-5-2-6-12-16)20-17-13-7-8-14-18(17)20/h1-6,9-12,17-18H,7-8,13-14H2. The highest BCUT2D eigenvalue weighted by Crippen LogP contribution is 2.58. The van der Waals surface area contributed by atoms with Crippen LogP contribution in [0.2, 0.25) is 0 Å². The first-order valence-corrected chi connectivity index (χ1v) is 7.80. The molecule has 0 aromatic heterocycles. The Kier molecular flexibility index (Phi) is 2.95. The maximum absolute atomic E-state index is 2.26. The summed E-state index contributed by atoms with van der Waals surface area (Å²) in [6, 6.07) is 21.9. The Bertz CT molecular complexity index is 566. The molecule has 0 spiro atoms. The molecule has 0 saturated heterocycles. The smallest absolute Gasteiger partial charge is 0.0113 e. The molecule has 0 N–H and O–H groups in total. The number of allylic oxidation sites excluding steroid dienone is 1. The molecule has 100 valence electrons. The zero-order valence-corrected chi connectivity index (χ0v) is 11.8. The van der Waals surface area contributed by atoms with E-state index in [9.17, 15) is 0 Å². The first-order valence-electron chi connectivity index (χ1n) is 7.80. The number of benzene rings is 2. The molecule has 0 aliphatic heterocycles. The van der Waals surface area contributed by atoms with Crippen LogP contribution in [0.4, 0.5) is 0 Å². The van der Waals surface area contributed by atoms with Crippen molar-refractivity contribution in [2.45, 2.75) is 25.7 Å². The summed E-state index contributed by atoms with van der Waals surface area (Å²) in [7, 11) is 0. The van der Waals surface area contributed by atoms with E-state index in [0.717, 1.165) is 11.8 Å². The fourth-order valence-electron chi connectivity index (χ4n) is 3.90. The molecule has 0 heterocycles. The van der Waals surface area contributed by atoms with Crippen LogP contribution in [0, 0.1) is 11.8 Å². The molecule has 2 saturated carbocycles. The first-order chi connectivity index (χ1) is 9.95. The molecule has 0 heteroatoms. The summed E-state index contributed by atoms with van der Waals surface area (Å²) in [5.74, 6) is 1.75. The Morgan fingerprint density at radius 2 is 1.10 bits per heavy atom. The van der Waals surface area contributed by atoms with Crippen molar-refractivity contribution in [2.24, 2.45) is 11.8 Å². The maximum Gasteiger partial charge on any atom is -0.0113 e. The molecule has 20 heavy (non-hydrogen) atoms. The van der Waals surface area contributed by atoms with Crippen molar-refractivity contribution in [3.63, 3.8) is 0 Å². The van der Waals surface area contributed by atoms with Gasteiger partial charge in [0.1, 0.15) is 0 Å². The molecular weight excluding hydrogens is 240 g/mol. The van der Waals surface area contributed by atoms with Gasteiger partial charge < -0.3 is 0 Å². The van der Waals surface area contributed by atoms with Gasteiger partial charge in [0.05, 0.1) is 0 Å². The molecule has 2 aromatic rings. The predicted octanol–water partition coefficient (Wildman–Crippen LogP) is 5.31. The molecule has 2 aliphatic carbocycles. The minimum absolute atomic E-state index is 0.874. The van der Waals surface area contributed by atoms with Gasteiger partial charge in [-0.1, -0.05) is 79.1 Å². The van der Waals surface area contributed by atoms with E-state index in [4.69, 9.17) is 0 Å². The van der Waals surface area contributed by atoms with Crippen LogP contribution >= 0.6 is 0 Å². The van der Waals surface area contributed by atoms with Crippen LogP contribution in [0.25, 0.3) is 5.57 Å². The van der Waals surface area contributed by atoms with E-state index >= 15 is 0 Å². The van der Waals surface area contributed by atoms with Gasteiger partial charge in [-0.2, -0.15) is 0 Å². The molecule has 0 nitrogen and oxygen atoms in total. The van der Waals surface area contributed by atoms with Crippen LogP contribution in [0.1, 0.15) is 36.8 Å². The average Bonchev–Trinajstić information content (AvgIpc) is 3.24. The normalized spacial score (nSPS) is 24.1. The highest BCUT2D eigenvalue weighted by Gasteiger charge is 2.46. The predicted molar refractivity (Wildman–Crippen MR) is 84.4 cm³/mol. The van der Waals surface area contributed by atoms with E-state index in [1.165, 1.54) is 42.4 Å². The van der Waals surface area contributed by atoms with E-state index in [0.29, 0.717) is 0 Å². The second kappa shape index (κ2) is 4.94. The largest absolute Gasteiger partial charge is 0.0622 e. The van der Waals surface area contributed by atoms with Crippen LogP contribution < -0.4 is 0 Å². The molecular formula is C20H20. The minimum Gasteiger partial charge on any atom is -0.0622 e. The topological polar surface area (TPSA) is 0 Å². The van der Waals surface area contributed by atoms with Crippen molar-refractivity contribution in [3.05, 3.63) is 77.4 Å². The van der Waals surface area contributed by atoms with Crippen molar-refractivity contribution in [2.75, 3.05) is 0 Å². The molecule has 2 aliphatic rings. The quantitative estimate of drug-likeness (QED) is 0.686. The van der Waals surface area contributed by atoms with Crippen molar-refractivity contribution in [1.82, 2.24) is 0 Å². The van der Waals surface area contributed by atoms with E-state index in [2.05, 4.69) is 60.7 Å². The molecule has 2 atom stereocenters. The van der Waals surface area contributed by atoms with Gasteiger partial charge in [-0.05, 0) is 41.4 Å². The number of fused-ring (bicyclic) bond motifs is 1. The van der Waals surface area contributed by atoms with Crippen LogP contribution in [0.5, 0.6) is 0 Å². The summed E-state index contributed by atoms with van der Waals surface area (Å²) in [6.07, 6.45) is 5.65. The lowest BCUT2D eigenvalue weighted by atomic mass is 9.96. The molecule has 0 radical (unpaired) electrons. The lowest BCUT2D eigenvalue weighted by molar-refractivity contribution is 0.480. The van der Waals surface area contributed by atoms with Gasteiger partial charge in [0.25, 0.3) is 0 Å². The SMILES string of the molecule is c1ccc(C(=C2C3CCCCC23)c2ccccc2)cc1. The molecule has 2 unspecified atom stereocenters. The lowest BCUT2D eigenvalue weighted by Crippen LogP contribution is -1.91. The van der Waals surface area contributed by atoms with E-state index in [1.807, 2.05) is 0 Å². The number of hydrogen-bond acceptors (Lipinski definition) is 0. The Morgan fingerprint density at radius 1 is 0.650 bits per heavy atom. The van der Waals surface area contributed by atoms with E-state index in [-0.39, 0.29) is 0 Å². The number of hydrogen-bond donors (Lipinski definition) is 0. The Hall–Kier alpha value is -1.82. The van der Waals surface area contributed by atoms with Crippen LogP contribution in [-0.4, -0.2) is 0 Å². The monoisotopic (exact) mass is 260 g/mol. The van der Waals surface area contributed by atoms with Gasteiger partial charge in [-0.15, -0.1) is 0 Å². The van der Waals surface area contributed by atoms with Crippen LogP contribution in [0.3, 0.4) is 0 Å². The second-order valence-electron chi connectivity index (χ2n) is 6.06. The van der Waals surface area contributed by atoms with Gasteiger partial charge in [0.15, 0.2) is 0 Å². The van der Waals surface area contributed by atoms with Gasteiger partial charge in [-0.25, -0.2) is 0 Å². The Balaban J connectivity index is 1.85. The maximum atomic E-state index is 2.26. The third kappa shape index (κ3) is 2.00. The molecule has 0 bridgehead atoms. The minimum atomic E-state index is 0.874. The van der Waals surface area contributed by atoms with Gasteiger partial charge in [0.2, 0.25) is 0 Å². The van der Waals surface area contributed by atoms with Crippen molar-refractivity contribution >= 4 is 5.57 Å². The Labute approximate surface area is 121 Å². The van der Waals surface area contributed by atoms with Crippen LogP contribution in [-0.2, 0) is 0 Å². The summed E-state index contributed by atoms with van der Waals surface area (Å²) in [6.45, 7) is 0. The van der Waals surface area contributed by atoms with Crippen molar-refractivity contribution < 1.29 is 0 Å². The van der Waals surface area contributed by atoms with E-state index < -0.39 is 0 Å². The van der Waals surface area contributed by atoms with E-state index in [1.54, 1.807) is 5.57 Å². The summed E-state index contributed by atoms with van der Waals surface area (Å²) in [4.78, 5) is 0. The third-order valence-electron chi connectivity index (χ3n) is 4.87. The number of rotatable bonds is 2. The van der Waals surface area contributed by atoms with Crippen molar-refractivity contribution in [3.8, 4) is 0 Å². The fraction of sp³-hybridized carbons (Fsp3) is 0.300. The lowest BCUT2D eigenvalue weighted by Gasteiger charge is -2.08. The molecule has 4 rings (SSSR count). The van der Waals surface area contributed by atoms with Gasteiger partial charge in [0, 0.05) is 0 Å². The second-order valence-corrected chi connectivity index (χ2v) is 6.06. The average molecular weight is 260 g/mol. The summed E-state index contributed by atoms with van der Waals surface area (Å²) in [5.41, 5.74) is 6.04. The zero-order chi connectivity index (χ0) is 13.4. The first kappa shape index (κ1) is 12.0. The summed E-state index contributed by atoms with van der Waals surface area (Å²) >= 11 is 0. The molecule has 0 amide bonds. The summed E-state index contributed by atoms with van der Waals surface area (Å²) in [5, 5.41) is 0. The summed E-state index contributed by atoms with van der Waals surface area (Å²) < 4.78 is 0. The third-order valence-corrected chi connectivity index (χ3v) is 4.87. The van der Waals surface area contributed by atoms with Gasteiger partial charge in [-0.3, -0.25) is 0 Å².